The van der Waals surface area contributed by atoms with Crippen LogP contribution >= 0.6 is 0 Å². The zero-order valence-corrected chi connectivity index (χ0v) is 10.5. The fraction of sp³-hybridized carbons (Fsp3) is 0.385. The van der Waals surface area contributed by atoms with Gasteiger partial charge in [-0.25, -0.2) is 4.79 Å². The highest BCUT2D eigenvalue weighted by Gasteiger charge is 2.07. The van der Waals surface area contributed by atoms with Gasteiger partial charge in [0.15, 0.2) is 5.58 Å². The molecule has 18 heavy (non-hydrogen) atoms. The van der Waals surface area contributed by atoms with E-state index in [-0.39, 0.29) is 11.7 Å². The highest BCUT2D eigenvalue weighted by Crippen LogP contribution is 2.14. The fourth-order valence-electron chi connectivity index (χ4n) is 1.80. The van der Waals surface area contributed by atoms with E-state index in [0.29, 0.717) is 18.5 Å². The summed E-state index contributed by atoms with van der Waals surface area (Å²) in [6, 6.07) is 5.45. The van der Waals surface area contributed by atoms with Crippen molar-refractivity contribution in [3.8, 4) is 0 Å². The molecule has 0 aliphatic carbocycles. The minimum Gasteiger partial charge on any atom is -0.408 e. The summed E-state index contributed by atoms with van der Waals surface area (Å²) in [6.07, 6.45) is 1.37. The maximum Gasteiger partial charge on any atom is 0.419 e. The Balaban J connectivity index is 2.17. The summed E-state index contributed by atoms with van der Waals surface area (Å²) >= 11 is 0. The van der Waals surface area contributed by atoms with E-state index in [2.05, 4.69) is 5.32 Å². The molecule has 1 N–H and O–H groups in total. The lowest BCUT2D eigenvalue weighted by atomic mass is 10.2. The first-order valence-corrected chi connectivity index (χ1v) is 5.97. The third-order valence-electron chi connectivity index (χ3n) is 2.82. The molecule has 96 valence electrons. The van der Waals surface area contributed by atoms with Gasteiger partial charge in [-0.2, -0.15) is 0 Å². The van der Waals surface area contributed by atoms with Crippen LogP contribution in [0.15, 0.2) is 27.4 Å². The largest absolute Gasteiger partial charge is 0.419 e. The molecule has 2 rings (SSSR count). The number of carbonyl (C=O) groups is 1. The molecule has 5 heteroatoms. The Bertz CT molecular complexity index is 625. The number of nitrogens with one attached hydrogen (secondary N) is 1. The molecule has 0 saturated carbocycles. The van der Waals surface area contributed by atoms with Crippen LogP contribution in [0.2, 0.25) is 0 Å². The second kappa shape index (κ2) is 5.08. The van der Waals surface area contributed by atoms with Crippen molar-refractivity contribution in [1.82, 2.24) is 9.88 Å². The predicted molar refractivity (Wildman–Crippen MR) is 68.2 cm³/mol. The van der Waals surface area contributed by atoms with Gasteiger partial charge < -0.3 is 9.73 Å². The summed E-state index contributed by atoms with van der Waals surface area (Å²) in [5.74, 6) is -0.337. The van der Waals surface area contributed by atoms with Gasteiger partial charge in [-0.15, -0.1) is 0 Å². The van der Waals surface area contributed by atoms with Gasteiger partial charge in [-0.05, 0) is 24.1 Å². The number of nitrogens with zero attached hydrogens (tertiary/aromatic N) is 1. The topological polar surface area (TPSA) is 64.2 Å². The van der Waals surface area contributed by atoms with Crippen LogP contribution in [0.3, 0.4) is 0 Å². The van der Waals surface area contributed by atoms with Crippen LogP contribution in [-0.4, -0.2) is 10.5 Å². The van der Waals surface area contributed by atoms with Crippen LogP contribution in [0, 0.1) is 0 Å². The zero-order chi connectivity index (χ0) is 13.1. The Morgan fingerprint density at radius 3 is 2.94 bits per heavy atom. The van der Waals surface area contributed by atoms with Crippen LogP contribution in [0.25, 0.3) is 11.1 Å². The molecule has 1 aromatic carbocycles. The summed E-state index contributed by atoms with van der Waals surface area (Å²) in [5.41, 5.74) is 2.25. The molecule has 2 aromatic rings. The molecule has 1 heterocycles. The monoisotopic (exact) mass is 248 g/mol. The van der Waals surface area contributed by atoms with Crippen LogP contribution in [0.5, 0.6) is 0 Å². The molecule has 0 atom stereocenters. The minimum absolute atomic E-state index is 0.0404. The molecule has 0 fully saturated rings. The van der Waals surface area contributed by atoms with Crippen molar-refractivity contribution in [2.24, 2.45) is 7.05 Å². The number of hydrogen-bond donors (Lipinski definition) is 1. The summed E-state index contributed by atoms with van der Waals surface area (Å²) in [6.45, 7) is 2.43. The Morgan fingerprint density at radius 1 is 1.44 bits per heavy atom. The number of benzene rings is 1. The summed E-state index contributed by atoms with van der Waals surface area (Å²) in [7, 11) is 1.66. The molecule has 1 aromatic heterocycles. The standard InChI is InChI=1S/C13H16N2O3/c1-3-4-12(16)14-8-9-5-6-11-10(7-9)15(2)13(17)18-11/h5-7H,3-4,8H2,1-2H3,(H,14,16). The summed E-state index contributed by atoms with van der Waals surface area (Å²) in [5, 5.41) is 2.83. The smallest absolute Gasteiger partial charge is 0.408 e. The van der Waals surface area contributed by atoms with Crippen molar-refractivity contribution >= 4 is 17.0 Å². The van der Waals surface area contributed by atoms with Crippen molar-refractivity contribution in [3.63, 3.8) is 0 Å². The number of fused-ring (bicyclic) bond motifs is 1. The number of amides is 1. The van der Waals surface area contributed by atoms with Crippen molar-refractivity contribution < 1.29 is 9.21 Å². The quantitative estimate of drug-likeness (QED) is 0.892. The fourth-order valence-corrected chi connectivity index (χ4v) is 1.80. The van der Waals surface area contributed by atoms with Gasteiger partial charge in [-0.1, -0.05) is 13.0 Å². The minimum atomic E-state index is -0.378. The van der Waals surface area contributed by atoms with Crippen LogP contribution < -0.4 is 11.1 Å². The highest BCUT2D eigenvalue weighted by atomic mass is 16.4. The Hall–Kier alpha value is -2.04. The Labute approximate surface area is 104 Å². The van der Waals surface area contributed by atoms with E-state index in [1.165, 1.54) is 4.57 Å². The number of aryl methyl sites for hydroxylation is 1. The number of rotatable bonds is 4. The molecular formula is C13H16N2O3. The molecule has 1 amide bonds. The van der Waals surface area contributed by atoms with E-state index in [4.69, 9.17) is 4.42 Å². The number of hydrogen-bond acceptors (Lipinski definition) is 3. The molecule has 0 radical (unpaired) electrons. The van der Waals surface area contributed by atoms with Crippen molar-refractivity contribution in [2.45, 2.75) is 26.3 Å². The van der Waals surface area contributed by atoms with Gasteiger partial charge >= 0.3 is 5.76 Å². The third-order valence-corrected chi connectivity index (χ3v) is 2.82. The Kier molecular flexibility index (Phi) is 3.50. The van der Waals surface area contributed by atoms with E-state index in [1.807, 2.05) is 19.1 Å². The molecule has 5 nitrogen and oxygen atoms in total. The summed E-state index contributed by atoms with van der Waals surface area (Å²) in [4.78, 5) is 22.7. The van der Waals surface area contributed by atoms with Gasteiger partial charge in [0.1, 0.15) is 0 Å². The van der Waals surface area contributed by atoms with Gasteiger partial charge in [0.05, 0.1) is 5.52 Å². The maximum absolute atomic E-state index is 11.4. The first-order valence-electron chi connectivity index (χ1n) is 5.97. The van der Waals surface area contributed by atoms with Gasteiger partial charge in [0.2, 0.25) is 5.91 Å². The molecule has 0 spiro atoms. The second-order valence-corrected chi connectivity index (χ2v) is 4.26. The molecule has 0 aliphatic heterocycles. The molecule has 0 aliphatic rings. The van der Waals surface area contributed by atoms with E-state index in [1.54, 1.807) is 13.1 Å². The second-order valence-electron chi connectivity index (χ2n) is 4.26. The molecule has 0 saturated heterocycles. The third kappa shape index (κ3) is 2.45. The average molecular weight is 248 g/mol. The van der Waals surface area contributed by atoms with Gasteiger partial charge in [0.25, 0.3) is 0 Å². The SMILES string of the molecule is CCCC(=O)NCc1ccc2oc(=O)n(C)c2c1. The van der Waals surface area contributed by atoms with E-state index in [0.717, 1.165) is 17.5 Å². The lowest BCUT2D eigenvalue weighted by Crippen LogP contribution is -2.22. The van der Waals surface area contributed by atoms with E-state index < -0.39 is 0 Å². The van der Waals surface area contributed by atoms with Crippen LogP contribution in [-0.2, 0) is 18.4 Å². The summed E-state index contributed by atoms with van der Waals surface area (Å²) < 4.78 is 6.49. The number of aromatic nitrogens is 1. The Morgan fingerprint density at radius 2 is 2.22 bits per heavy atom. The lowest BCUT2D eigenvalue weighted by molar-refractivity contribution is -0.121. The van der Waals surface area contributed by atoms with Gasteiger partial charge in [0, 0.05) is 20.0 Å². The maximum atomic E-state index is 11.4. The normalized spacial score (nSPS) is 10.8. The van der Waals surface area contributed by atoms with Crippen molar-refractivity contribution in [1.29, 1.82) is 0 Å². The van der Waals surface area contributed by atoms with Crippen molar-refractivity contribution in [2.75, 3.05) is 0 Å². The van der Waals surface area contributed by atoms with E-state index >= 15 is 0 Å². The molecular weight excluding hydrogens is 232 g/mol. The van der Waals surface area contributed by atoms with E-state index in [9.17, 15) is 9.59 Å². The lowest BCUT2D eigenvalue weighted by Gasteiger charge is -2.04. The van der Waals surface area contributed by atoms with Crippen LogP contribution in [0.1, 0.15) is 25.3 Å². The highest BCUT2D eigenvalue weighted by molar-refractivity contribution is 5.76. The number of oxazole rings is 1. The predicted octanol–water partition coefficient (Wildman–Crippen LogP) is 1.55. The number of carbonyl (C=O) groups excluding carboxylic acids is 1. The first-order chi connectivity index (χ1) is 8.61. The zero-order valence-electron chi connectivity index (χ0n) is 10.5. The molecule has 0 bridgehead atoms. The average Bonchev–Trinajstić information content (AvgIpc) is 2.63. The molecule has 0 unspecified atom stereocenters. The van der Waals surface area contributed by atoms with Crippen LogP contribution in [0.4, 0.5) is 0 Å². The van der Waals surface area contributed by atoms with Crippen molar-refractivity contribution in [3.05, 3.63) is 34.3 Å². The van der Waals surface area contributed by atoms with Gasteiger partial charge in [-0.3, -0.25) is 9.36 Å². The first kappa shape index (κ1) is 12.4.